The fourth-order valence-electron chi connectivity index (χ4n) is 5.72. The van der Waals surface area contributed by atoms with Gasteiger partial charge in [0.05, 0.1) is 23.6 Å². The van der Waals surface area contributed by atoms with Gasteiger partial charge in [0, 0.05) is 20.1 Å². The summed E-state index contributed by atoms with van der Waals surface area (Å²) in [5.41, 5.74) is -0.109. The van der Waals surface area contributed by atoms with Crippen molar-refractivity contribution in [1.82, 2.24) is 35.1 Å². The number of aliphatic hydroxyl groups is 1. The number of imidazole rings is 1. The predicted molar refractivity (Wildman–Crippen MR) is 228 cm³/mol. The number of aromatic nitrogens is 4. The Morgan fingerprint density at radius 1 is 0.758 bits per heavy atom. The van der Waals surface area contributed by atoms with E-state index in [9.17, 15) is 48.9 Å². The SMILES string of the molecule is CCC1(c2ccccc2)C(=O)NC(=O)NC1=O.CN[C@@H](C)[C@H](O)c1ccccc1.Cn1c(=O)c2[nH]cnc2n(C)c1=O.O=C(O)c1ccccc1[O-].O=C(O)c1ccccc1[O-].[Ca+2].[Cl-].[I-].[K+]. The molecule has 1 saturated heterocycles. The number of rotatable bonds is 7. The molecule has 0 spiro atoms. The van der Waals surface area contributed by atoms with E-state index in [4.69, 9.17) is 10.2 Å². The van der Waals surface area contributed by atoms with Gasteiger partial charge in [0.25, 0.3) is 5.56 Å². The van der Waals surface area contributed by atoms with Gasteiger partial charge in [0.1, 0.15) is 5.52 Å². The third-order valence-electron chi connectivity index (χ3n) is 9.36. The van der Waals surface area contributed by atoms with Gasteiger partial charge in [-0.2, -0.15) is 0 Å². The first-order valence-corrected chi connectivity index (χ1v) is 18.6. The van der Waals surface area contributed by atoms with Crippen molar-refractivity contribution in [3.8, 4) is 11.5 Å². The van der Waals surface area contributed by atoms with E-state index in [1.807, 2.05) is 44.3 Å². The maximum Gasteiger partial charge on any atom is 2.00 e. The van der Waals surface area contributed by atoms with Crippen LogP contribution in [-0.4, -0.2) is 115 Å². The molecule has 7 rings (SSSR count). The quantitative estimate of drug-likeness (QED) is 0.0445. The Labute approximate surface area is 474 Å². The number of aromatic carboxylic acids is 2. The largest absolute Gasteiger partial charge is 2.00 e. The number of halogens is 2. The van der Waals surface area contributed by atoms with Crippen molar-refractivity contribution >= 4 is 78.7 Å². The third-order valence-corrected chi connectivity index (χ3v) is 9.36. The van der Waals surface area contributed by atoms with E-state index < -0.39 is 52.8 Å². The number of aliphatic hydroxyl groups excluding tert-OH is 1. The van der Waals surface area contributed by atoms with Crippen LogP contribution in [0.1, 0.15) is 58.2 Å². The fourth-order valence-corrected chi connectivity index (χ4v) is 5.72. The smallest absolute Gasteiger partial charge is 1.00 e. The monoisotopic (exact) mass is 1090 g/mol. The van der Waals surface area contributed by atoms with Crippen LogP contribution < -0.4 is 125 Å². The number of likely N-dealkylation sites (N-methyl/N-ethyl adjacent to an activating group) is 1. The zero-order valence-electron chi connectivity index (χ0n) is 36.7. The summed E-state index contributed by atoms with van der Waals surface area (Å²) in [5.74, 6) is -4.39. The molecule has 0 bridgehead atoms. The summed E-state index contributed by atoms with van der Waals surface area (Å²) in [4.78, 5) is 84.8. The number of H-pyrrole nitrogens is 1. The van der Waals surface area contributed by atoms with Crippen molar-refractivity contribution in [1.29, 1.82) is 0 Å². The molecule has 1 aliphatic rings. The molecule has 0 radical (unpaired) electrons. The summed E-state index contributed by atoms with van der Waals surface area (Å²) < 4.78 is 2.37. The molecule has 3 heterocycles. The number of nitrogens with one attached hydrogen (secondary N) is 4. The molecule has 66 heavy (non-hydrogen) atoms. The molecule has 6 aromatic rings. The molecule has 0 saturated carbocycles. The first-order chi connectivity index (χ1) is 29.4. The molecule has 1 aliphatic heterocycles. The molecule has 1 fully saturated rings. The van der Waals surface area contributed by atoms with E-state index in [0.717, 1.165) is 10.1 Å². The van der Waals surface area contributed by atoms with Gasteiger partial charge >= 0.3 is 113 Å². The number of urea groups is 1. The van der Waals surface area contributed by atoms with E-state index in [1.165, 1.54) is 66.5 Å². The number of fused-ring (bicyclic) bond motifs is 1. The number of carbonyl (C=O) groups excluding carboxylic acids is 3. The topological polar surface area (TPSA) is 301 Å². The van der Waals surface area contributed by atoms with Gasteiger partial charge in [0.2, 0.25) is 11.8 Å². The number of imide groups is 2. The Balaban J connectivity index is 0. The number of hydrogen-bond acceptors (Lipinski definition) is 12. The van der Waals surface area contributed by atoms with Gasteiger partial charge in [-0.25, -0.2) is 24.2 Å². The van der Waals surface area contributed by atoms with Crippen LogP contribution in [0.3, 0.4) is 0 Å². The zero-order valence-corrected chi connectivity index (χ0v) is 44.9. The van der Waals surface area contributed by atoms with Gasteiger partial charge in [-0.1, -0.05) is 115 Å². The van der Waals surface area contributed by atoms with Crippen LogP contribution in [0.2, 0.25) is 0 Å². The third kappa shape index (κ3) is 17.0. The summed E-state index contributed by atoms with van der Waals surface area (Å²) in [5, 5.41) is 55.1. The molecule has 342 valence electrons. The summed E-state index contributed by atoms with van der Waals surface area (Å²) in [6, 6.07) is 28.8. The summed E-state index contributed by atoms with van der Waals surface area (Å²) in [6.45, 7) is 3.69. The molecule has 19 nitrogen and oxygen atoms in total. The van der Waals surface area contributed by atoms with Crippen LogP contribution in [0.4, 0.5) is 4.79 Å². The summed E-state index contributed by atoms with van der Waals surface area (Å²) >= 11 is 0. The number of aryl methyl sites for hydroxylation is 1. The number of carboxylic acid groups (broad SMARTS) is 2. The Bertz CT molecular complexity index is 2560. The number of benzene rings is 4. The predicted octanol–water partition coefficient (Wildman–Crippen LogP) is -7.46. The van der Waals surface area contributed by atoms with E-state index in [2.05, 4.69) is 25.9 Å². The maximum atomic E-state index is 12.0. The second kappa shape index (κ2) is 31.1. The first kappa shape index (κ1) is 64.1. The van der Waals surface area contributed by atoms with Crippen molar-refractivity contribution in [3.63, 3.8) is 0 Å². The number of carbonyl (C=O) groups is 5. The summed E-state index contributed by atoms with van der Waals surface area (Å²) in [6.07, 6.45) is 1.27. The zero-order chi connectivity index (χ0) is 46.1. The molecule has 23 heteroatoms. The number of carboxylic acids is 2. The molecule has 4 aromatic carbocycles. The molecule has 2 atom stereocenters. The van der Waals surface area contributed by atoms with E-state index in [0.29, 0.717) is 23.1 Å². The maximum absolute atomic E-state index is 12.0. The molecule has 0 unspecified atom stereocenters. The van der Waals surface area contributed by atoms with E-state index in [-0.39, 0.29) is 154 Å². The van der Waals surface area contributed by atoms with Crippen LogP contribution in [0.5, 0.6) is 11.5 Å². The molecular formula is C43H45CaClIKN7O12-. The van der Waals surface area contributed by atoms with E-state index >= 15 is 0 Å². The molecule has 7 N–H and O–H groups in total. The van der Waals surface area contributed by atoms with Gasteiger partial charge in [0.15, 0.2) is 11.1 Å². The standard InChI is InChI=1S/C12H12N2O3.C10H15NO.C7H8N4O2.2C7H6O3.Ca.ClH.HI.K/c1-2-12(8-6-4-3-5-7-8)9(15)13-11(17)14-10(12)16;1-8(11-2)10(12)9-6-4-3-5-7-9;1-10-5-4(8-3-9-5)6(12)11(2)7(10)13;2*8-6-4-2-1-3-5(6)7(9)10;;;;/h3-7H,2H2,1H3,(H2,13,14,15,16,17);3-8,10-12H,1-2H3;3H,1-2H3,(H,8,9);2*1-4,8H,(H,9,10);;2*1H;/q;;;;;+2;;;+1/p-4/t;8-,10-;;;;;;;/m.0......./s1. The average molecular weight is 1090 g/mol. The number of para-hydroxylation sites is 2. The Kier molecular flexibility index (Phi) is 30.2. The molecule has 4 amide bonds. The number of aromatic amines is 1. The molecular weight excluding hydrogens is 1050 g/mol. The van der Waals surface area contributed by atoms with Crippen LogP contribution in [-0.2, 0) is 29.1 Å². The fraction of sp³-hybridized carbons (Fsp3) is 0.209. The molecule has 2 aromatic heterocycles. The van der Waals surface area contributed by atoms with Gasteiger partial charge in [-0.3, -0.25) is 34.2 Å². The first-order valence-electron chi connectivity index (χ1n) is 18.6. The minimum Gasteiger partial charge on any atom is -1.00 e. The van der Waals surface area contributed by atoms with Crippen molar-refractivity contribution in [3.05, 3.63) is 159 Å². The number of barbiturate groups is 1. The Morgan fingerprint density at radius 3 is 1.58 bits per heavy atom. The second-order valence-electron chi connectivity index (χ2n) is 13.2. The normalized spacial score (nSPS) is 12.5. The number of nitrogens with zero attached hydrogens (tertiary/aromatic N) is 3. The second-order valence-corrected chi connectivity index (χ2v) is 13.2. The average Bonchev–Trinajstić information content (AvgIpc) is 3.77. The van der Waals surface area contributed by atoms with Crippen molar-refractivity contribution < 1.29 is 137 Å². The van der Waals surface area contributed by atoms with Crippen LogP contribution in [0, 0.1) is 0 Å². The van der Waals surface area contributed by atoms with Gasteiger partial charge in [-0.05, 0) is 43.7 Å². The Morgan fingerprint density at radius 2 is 1.18 bits per heavy atom. The van der Waals surface area contributed by atoms with Crippen LogP contribution >= 0.6 is 0 Å². The van der Waals surface area contributed by atoms with Gasteiger partial charge in [-0.15, -0.1) is 0 Å². The van der Waals surface area contributed by atoms with Crippen LogP contribution in [0.15, 0.2) is 125 Å². The van der Waals surface area contributed by atoms with Crippen molar-refractivity contribution in [2.24, 2.45) is 14.1 Å². The van der Waals surface area contributed by atoms with E-state index in [1.54, 1.807) is 44.3 Å². The molecule has 0 aliphatic carbocycles. The Hall–Kier alpha value is -3.98. The summed E-state index contributed by atoms with van der Waals surface area (Å²) in [7, 11) is 4.85. The van der Waals surface area contributed by atoms with Crippen molar-refractivity contribution in [2.75, 3.05) is 7.05 Å². The number of amides is 4. The van der Waals surface area contributed by atoms with Gasteiger partial charge < -0.3 is 72.2 Å². The minimum absolute atomic E-state index is 0. The van der Waals surface area contributed by atoms with Crippen molar-refractivity contribution in [2.45, 2.75) is 37.8 Å². The minimum atomic E-state index is -1.31. The number of hydrogen-bond donors (Lipinski definition) is 7. The van der Waals surface area contributed by atoms with Crippen LogP contribution in [0.25, 0.3) is 11.2 Å².